The van der Waals surface area contributed by atoms with Crippen molar-refractivity contribution < 1.29 is 4.74 Å². The van der Waals surface area contributed by atoms with Gasteiger partial charge in [0.15, 0.2) is 4.77 Å². The molecule has 0 aliphatic carbocycles. The molecule has 0 atom stereocenters. The Morgan fingerprint density at radius 1 is 1.69 bits per heavy atom. The van der Waals surface area contributed by atoms with Gasteiger partial charge in [-0.3, -0.25) is 4.57 Å². The number of methoxy groups -OCH3 is 1. The van der Waals surface area contributed by atoms with E-state index in [1.807, 2.05) is 13.8 Å². The third-order valence-corrected chi connectivity index (χ3v) is 2.08. The van der Waals surface area contributed by atoms with Crippen LogP contribution < -0.4 is 5.73 Å². The van der Waals surface area contributed by atoms with E-state index in [9.17, 15) is 0 Å². The molecule has 0 aliphatic heterocycles. The zero-order chi connectivity index (χ0) is 10.1. The Morgan fingerprint density at radius 2 is 2.31 bits per heavy atom. The van der Waals surface area contributed by atoms with Crippen LogP contribution in [0.25, 0.3) is 0 Å². The number of hydrogen-bond acceptors (Lipinski definition) is 4. The maximum absolute atomic E-state index is 5.66. The molecule has 0 aromatic carbocycles. The van der Waals surface area contributed by atoms with Gasteiger partial charge in [-0.25, -0.2) is 5.10 Å². The normalized spacial score (nSPS) is 11.9. The number of nitrogens with two attached hydrogens (primary N) is 1. The summed E-state index contributed by atoms with van der Waals surface area (Å²) in [4.78, 5) is 0. The zero-order valence-electron chi connectivity index (χ0n) is 8.00. The maximum Gasteiger partial charge on any atom is 0.221 e. The average molecular weight is 202 g/mol. The Morgan fingerprint density at radius 3 is 2.69 bits per heavy atom. The molecule has 0 saturated carbocycles. The lowest BCUT2D eigenvalue weighted by Gasteiger charge is -2.25. The van der Waals surface area contributed by atoms with Gasteiger partial charge in [0.25, 0.3) is 0 Å². The maximum atomic E-state index is 5.66. The molecule has 0 amide bonds. The number of rotatable bonds is 3. The third kappa shape index (κ3) is 1.89. The number of aromatic amines is 1. The van der Waals surface area contributed by atoms with Crippen molar-refractivity contribution in [3.05, 3.63) is 4.77 Å². The van der Waals surface area contributed by atoms with Gasteiger partial charge in [-0.2, -0.15) is 0 Å². The number of anilines is 1. The fourth-order valence-electron chi connectivity index (χ4n) is 1.31. The molecule has 74 valence electrons. The van der Waals surface area contributed by atoms with Crippen molar-refractivity contribution in [1.29, 1.82) is 0 Å². The molecule has 0 unspecified atom stereocenters. The first kappa shape index (κ1) is 10.2. The molecule has 0 spiro atoms. The van der Waals surface area contributed by atoms with Gasteiger partial charge in [0.1, 0.15) is 0 Å². The Labute approximate surface area is 81.9 Å². The summed E-state index contributed by atoms with van der Waals surface area (Å²) in [6, 6.07) is 0. The van der Waals surface area contributed by atoms with E-state index in [1.54, 1.807) is 11.7 Å². The fraction of sp³-hybridized carbons (Fsp3) is 0.714. The highest BCUT2D eigenvalue weighted by molar-refractivity contribution is 7.71. The van der Waals surface area contributed by atoms with Crippen LogP contribution >= 0.6 is 12.2 Å². The molecule has 0 bridgehead atoms. The van der Waals surface area contributed by atoms with Gasteiger partial charge < -0.3 is 10.5 Å². The van der Waals surface area contributed by atoms with Crippen molar-refractivity contribution in [2.45, 2.75) is 19.4 Å². The van der Waals surface area contributed by atoms with Crippen LogP contribution in [0.4, 0.5) is 5.95 Å². The molecule has 1 aromatic rings. The van der Waals surface area contributed by atoms with Crippen molar-refractivity contribution in [3.63, 3.8) is 0 Å². The monoisotopic (exact) mass is 202 g/mol. The largest absolute Gasteiger partial charge is 0.382 e. The summed E-state index contributed by atoms with van der Waals surface area (Å²) < 4.78 is 7.33. The molecule has 13 heavy (non-hydrogen) atoms. The smallest absolute Gasteiger partial charge is 0.221 e. The first-order valence-corrected chi connectivity index (χ1v) is 4.32. The third-order valence-electron chi connectivity index (χ3n) is 1.80. The SMILES string of the molecule is COCC(C)(C)n1c(N)n[nH]c1=S. The summed E-state index contributed by atoms with van der Waals surface area (Å²) in [5.41, 5.74) is 5.38. The molecule has 3 N–H and O–H groups in total. The van der Waals surface area contributed by atoms with Crippen molar-refractivity contribution in [1.82, 2.24) is 14.8 Å². The summed E-state index contributed by atoms with van der Waals surface area (Å²) in [5, 5.41) is 6.47. The van der Waals surface area contributed by atoms with Gasteiger partial charge in [0.05, 0.1) is 12.1 Å². The van der Waals surface area contributed by atoms with E-state index in [4.69, 9.17) is 22.7 Å². The number of ether oxygens (including phenoxy) is 1. The molecule has 6 heteroatoms. The van der Waals surface area contributed by atoms with Crippen molar-refractivity contribution >= 4 is 18.2 Å². The van der Waals surface area contributed by atoms with Crippen molar-refractivity contribution in [3.8, 4) is 0 Å². The summed E-state index contributed by atoms with van der Waals surface area (Å²) in [7, 11) is 1.64. The summed E-state index contributed by atoms with van der Waals surface area (Å²) in [5.74, 6) is 0.382. The minimum atomic E-state index is -0.275. The van der Waals surface area contributed by atoms with Gasteiger partial charge in [0.2, 0.25) is 5.95 Å². The van der Waals surface area contributed by atoms with Crippen LogP contribution in [0, 0.1) is 4.77 Å². The minimum Gasteiger partial charge on any atom is -0.382 e. The van der Waals surface area contributed by atoms with Crippen LogP contribution in [0.15, 0.2) is 0 Å². The van der Waals surface area contributed by atoms with Crippen LogP contribution in [0.1, 0.15) is 13.8 Å². The quantitative estimate of drug-likeness (QED) is 0.715. The first-order chi connectivity index (χ1) is 5.99. The molecular formula is C7H14N4OS. The van der Waals surface area contributed by atoms with Crippen molar-refractivity contribution in [2.75, 3.05) is 19.5 Å². The van der Waals surface area contributed by atoms with Gasteiger partial charge >= 0.3 is 0 Å². The van der Waals surface area contributed by atoms with Crippen LogP contribution in [-0.2, 0) is 10.3 Å². The molecule has 5 nitrogen and oxygen atoms in total. The Hall–Kier alpha value is -0.880. The van der Waals surface area contributed by atoms with Crippen LogP contribution in [0.2, 0.25) is 0 Å². The van der Waals surface area contributed by atoms with E-state index in [1.165, 1.54) is 0 Å². The van der Waals surface area contributed by atoms with E-state index in [-0.39, 0.29) is 5.54 Å². The first-order valence-electron chi connectivity index (χ1n) is 3.91. The molecule has 1 heterocycles. The number of nitrogens with one attached hydrogen (secondary N) is 1. The van der Waals surface area contributed by atoms with Crippen LogP contribution in [0.5, 0.6) is 0 Å². The van der Waals surface area contributed by atoms with E-state index in [2.05, 4.69) is 10.2 Å². The lowest BCUT2D eigenvalue weighted by atomic mass is 10.1. The lowest BCUT2D eigenvalue weighted by Crippen LogP contribution is -2.32. The van der Waals surface area contributed by atoms with Crippen molar-refractivity contribution in [2.24, 2.45) is 0 Å². The molecular weight excluding hydrogens is 188 g/mol. The lowest BCUT2D eigenvalue weighted by molar-refractivity contribution is 0.110. The Bertz CT molecular complexity index is 341. The van der Waals surface area contributed by atoms with Gasteiger partial charge in [0, 0.05) is 7.11 Å². The molecule has 0 saturated heterocycles. The minimum absolute atomic E-state index is 0.275. The second-order valence-electron chi connectivity index (χ2n) is 3.47. The van der Waals surface area contributed by atoms with E-state index in [0.29, 0.717) is 17.3 Å². The number of nitrogen functional groups attached to an aromatic ring is 1. The number of nitrogens with zero attached hydrogens (tertiary/aromatic N) is 2. The number of H-pyrrole nitrogens is 1. The predicted molar refractivity (Wildman–Crippen MR) is 53.0 cm³/mol. The standard InChI is InChI=1S/C7H14N4OS/c1-7(2,4-12-3)11-5(8)9-10-6(11)13/h4H2,1-3H3,(H2,8,9)(H,10,13). The van der Waals surface area contributed by atoms with E-state index < -0.39 is 0 Å². The number of hydrogen-bond donors (Lipinski definition) is 2. The molecule has 1 aromatic heterocycles. The molecule has 0 fully saturated rings. The summed E-state index contributed by atoms with van der Waals surface area (Å²) >= 11 is 5.04. The Kier molecular flexibility index (Phi) is 2.72. The second-order valence-corrected chi connectivity index (χ2v) is 3.85. The van der Waals surface area contributed by atoms with E-state index >= 15 is 0 Å². The highest BCUT2D eigenvalue weighted by Crippen LogP contribution is 2.18. The zero-order valence-corrected chi connectivity index (χ0v) is 8.81. The second kappa shape index (κ2) is 3.47. The van der Waals surface area contributed by atoms with Gasteiger partial charge in [-0.1, -0.05) is 0 Å². The highest BCUT2D eigenvalue weighted by atomic mass is 32.1. The summed E-state index contributed by atoms with van der Waals surface area (Å²) in [6.45, 7) is 4.50. The fourth-order valence-corrected chi connectivity index (χ4v) is 1.70. The van der Waals surface area contributed by atoms with Gasteiger partial charge in [-0.05, 0) is 26.1 Å². The molecule has 1 rings (SSSR count). The van der Waals surface area contributed by atoms with Gasteiger partial charge in [-0.15, -0.1) is 5.10 Å². The average Bonchev–Trinajstić information content (AvgIpc) is 2.31. The molecule has 0 aliphatic rings. The topological polar surface area (TPSA) is 68.9 Å². The van der Waals surface area contributed by atoms with Crippen LogP contribution in [0.3, 0.4) is 0 Å². The highest BCUT2D eigenvalue weighted by Gasteiger charge is 2.23. The van der Waals surface area contributed by atoms with E-state index in [0.717, 1.165) is 0 Å². The Balaban J connectivity index is 3.12. The predicted octanol–water partition coefficient (Wildman–Crippen LogP) is 0.904. The summed E-state index contributed by atoms with van der Waals surface area (Å²) in [6.07, 6.45) is 0. The van der Waals surface area contributed by atoms with Crippen LogP contribution in [-0.4, -0.2) is 28.5 Å². The molecule has 0 radical (unpaired) electrons. The number of aromatic nitrogens is 3.